The van der Waals surface area contributed by atoms with Crippen LogP contribution in [0.3, 0.4) is 0 Å². The lowest BCUT2D eigenvalue weighted by Gasteiger charge is -2.26. The zero-order chi connectivity index (χ0) is 16.2. The van der Waals surface area contributed by atoms with Crippen LogP contribution in [0.1, 0.15) is 44.6 Å². The molecular formula is C18H19NO3S. The molecule has 0 unspecified atom stereocenters. The van der Waals surface area contributed by atoms with Gasteiger partial charge in [0.2, 0.25) is 0 Å². The molecule has 120 valence electrons. The molecule has 0 bridgehead atoms. The molecule has 5 heteroatoms. The number of ether oxygens (including phenoxy) is 1. The highest BCUT2D eigenvalue weighted by atomic mass is 32.1. The molecule has 3 rings (SSSR count). The molecule has 1 aromatic carbocycles. The van der Waals surface area contributed by atoms with Gasteiger partial charge in [-0.15, -0.1) is 11.3 Å². The number of hydrogen-bond donors (Lipinski definition) is 1. The highest BCUT2D eigenvalue weighted by Crippen LogP contribution is 2.29. The average molecular weight is 329 g/mol. The topological polar surface area (TPSA) is 55.4 Å². The third-order valence-electron chi connectivity index (χ3n) is 3.98. The summed E-state index contributed by atoms with van der Waals surface area (Å²) in [6, 6.07) is 11.8. The SMILES string of the molecule is Cc1ccc(C(=O)OCC(=O)N[C@@H]2CCCc3ccccc32)s1. The van der Waals surface area contributed by atoms with Crippen molar-refractivity contribution >= 4 is 23.2 Å². The molecule has 1 atom stereocenters. The zero-order valence-corrected chi connectivity index (χ0v) is 13.8. The Balaban J connectivity index is 1.55. The first-order valence-electron chi connectivity index (χ1n) is 7.74. The van der Waals surface area contributed by atoms with Crippen molar-refractivity contribution in [3.05, 3.63) is 57.3 Å². The molecule has 23 heavy (non-hydrogen) atoms. The molecule has 0 aliphatic heterocycles. The van der Waals surface area contributed by atoms with E-state index < -0.39 is 5.97 Å². The summed E-state index contributed by atoms with van der Waals surface area (Å²) in [4.78, 5) is 25.5. The van der Waals surface area contributed by atoms with Gasteiger partial charge < -0.3 is 10.1 Å². The Kier molecular flexibility index (Phi) is 4.76. The van der Waals surface area contributed by atoms with Crippen LogP contribution in [-0.2, 0) is 16.0 Å². The van der Waals surface area contributed by atoms with Gasteiger partial charge in [-0.2, -0.15) is 0 Å². The first-order valence-corrected chi connectivity index (χ1v) is 8.56. The molecule has 2 aromatic rings. The Hall–Kier alpha value is -2.14. The van der Waals surface area contributed by atoms with Crippen molar-refractivity contribution in [1.82, 2.24) is 5.32 Å². The van der Waals surface area contributed by atoms with Crippen molar-refractivity contribution in [3.8, 4) is 0 Å². The first kappa shape index (κ1) is 15.7. The molecule has 1 heterocycles. The van der Waals surface area contributed by atoms with Crippen molar-refractivity contribution < 1.29 is 14.3 Å². The van der Waals surface area contributed by atoms with Gasteiger partial charge in [-0.1, -0.05) is 24.3 Å². The highest BCUT2D eigenvalue weighted by molar-refractivity contribution is 7.13. The Labute approximate surface area is 139 Å². The fraction of sp³-hybridized carbons (Fsp3) is 0.333. The predicted octanol–water partition coefficient (Wildman–Crippen LogP) is 3.41. The molecule has 0 saturated heterocycles. The van der Waals surface area contributed by atoms with Crippen LogP contribution < -0.4 is 5.32 Å². The number of rotatable bonds is 4. The maximum Gasteiger partial charge on any atom is 0.348 e. The summed E-state index contributed by atoms with van der Waals surface area (Å²) in [5, 5.41) is 2.97. The van der Waals surface area contributed by atoms with E-state index in [9.17, 15) is 9.59 Å². The van der Waals surface area contributed by atoms with E-state index in [2.05, 4.69) is 17.4 Å². The van der Waals surface area contributed by atoms with E-state index in [-0.39, 0.29) is 18.6 Å². The van der Waals surface area contributed by atoms with Crippen molar-refractivity contribution in [3.63, 3.8) is 0 Å². The maximum absolute atomic E-state index is 12.1. The minimum Gasteiger partial charge on any atom is -0.451 e. The third kappa shape index (κ3) is 3.79. The second kappa shape index (κ2) is 6.96. The van der Waals surface area contributed by atoms with Gasteiger partial charge in [-0.3, -0.25) is 4.79 Å². The van der Waals surface area contributed by atoms with Crippen LogP contribution in [0.4, 0.5) is 0 Å². The van der Waals surface area contributed by atoms with Gasteiger partial charge in [0.15, 0.2) is 6.61 Å². The number of hydrogen-bond acceptors (Lipinski definition) is 4. The van der Waals surface area contributed by atoms with Crippen molar-refractivity contribution in [2.24, 2.45) is 0 Å². The quantitative estimate of drug-likeness (QED) is 0.875. The number of amides is 1. The van der Waals surface area contributed by atoms with Gasteiger partial charge in [0, 0.05) is 4.88 Å². The van der Waals surface area contributed by atoms with Crippen LogP contribution in [0.2, 0.25) is 0 Å². The number of carbonyl (C=O) groups excluding carboxylic acids is 2. The number of esters is 1. The summed E-state index contributed by atoms with van der Waals surface area (Å²) in [7, 11) is 0. The highest BCUT2D eigenvalue weighted by Gasteiger charge is 2.22. The summed E-state index contributed by atoms with van der Waals surface area (Å²) in [6.45, 7) is 1.68. The Morgan fingerprint density at radius 1 is 1.26 bits per heavy atom. The van der Waals surface area contributed by atoms with Crippen LogP contribution in [0.15, 0.2) is 36.4 Å². The number of benzene rings is 1. The van der Waals surface area contributed by atoms with Crippen molar-refractivity contribution in [2.75, 3.05) is 6.61 Å². The fourth-order valence-electron chi connectivity index (χ4n) is 2.89. The molecule has 1 aromatic heterocycles. The van der Waals surface area contributed by atoms with Gasteiger partial charge in [-0.05, 0) is 49.4 Å². The summed E-state index contributed by atoms with van der Waals surface area (Å²) in [5.74, 6) is -0.698. The maximum atomic E-state index is 12.1. The first-order chi connectivity index (χ1) is 11.1. The second-order valence-corrected chi connectivity index (χ2v) is 6.99. The lowest BCUT2D eigenvalue weighted by Crippen LogP contribution is -2.34. The molecule has 0 saturated carbocycles. The normalized spacial score (nSPS) is 16.5. The Morgan fingerprint density at radius 2 is 2.09 bits per heavy atom. The molecule has 1 aliphatic carbocycles. The Bertz CT molecular complexity index is 723. The van der Waals surface area contributed by atoms with Gasteiger partial charge >= 0.3 is 5.97 Å². The monoisotopic (exact) mass is 329 g/mol. The summed E-state index contributed by atoms with van der Waals surface area (Å²) < 4.78 is 5.09. The van der Waals surface area contributed by atoms with E-state index in [1.54, 1.807) is 6.07 Å². The number of aryl methyl sites for hydroxylation is 2. The van der Waals surface area contributed by atoms with Gasteiger partial charge in [-0.25, -0.2) is 4.79 Å². The summed E-state index contributed by atoms with van der Waals surface area (Å²) in [6.07, 6.45) is 3.02. The van der Waals surface area contributed by atoms with E-state index in [4.69, 9.17) is 4.74 Å². The molecule has 1 aliphatic rings. The molecule has 0 fully saturated rings. The van der Waals surface area contributed by atoms with E-state index in [1.165, 1.54) is 22.5 Å². The van der Waals surface area contributed by atoms with Crippen LogP contribution in [-0.4, -0.2) is 18.5 Å². The van der Waals surface area contributed by atoms with Crippen molar-refractivity contribution in [1.29, 1.82) is 0 Å². The smallest absolute Gasteiger partial charge is 0.348 e. The van der Waals surface area contributed by atoms with Crippen molar-refractivity contribution in [2.45, 2.75) is 32.2 Å². The lowest BCUT2D eigenvalue weighted by molar-refractivity contribution is -0.125. The number of fused-ring (bicyclic) bond motifs is 1. The number of nitrogens with one attached hydrogen (secondary N) is 1. The van der Waals surface area contributed by atoms with Crippen LogP contribution >= 0.6 is 11.3 Å². The predicted molar refractivity (Wildman–Crippen MR) is 89.6 cm³/mol. The average Bonchev–Trinajstić information content (AvgIpc) is 2.99. The van der Waals surface area contributed by atoms with E-state index in [1.807, 2.05) is 25.1 Å². The molecule has 0 spiro atoms. The van der Waals surface area contributed by atoms with Crippen LogP contribution in [0.5, 0.6) is 0 Å². The van der Waals surface area contributed by atoms with Crippen LogP contribution in [0, 0.1) is 6.92 Å². The molecular weight excluding hydrogens is 310 g/mol. The largest absolute Gasteiger partial charge is 0.451 e. The molecule has 1 N–H and O–H groups in total. The molecule has 1 amide bonds. The lowest BCUT2D eigenvalue weighted by atomic mass is 9.88. The van der Waals surface area contributed by atoms with Crippen LogP contribution in [0.25, 0.3) is 0 Å². The van der Waals surface area contributed by atoms with Gasteiger partial charge in [0.05, 0.1) is 6.04 Å². The third-order valence-corrected chi connectivity index (χ3v) is 4.96. The van der Waals surface area contributed by atoms with Gasteiger partial charge in [0.25, 0.3) is 5.91 Å². The second-order valence-electron chi connectivity index (χ2n) is 5.70. The molecule has 4 nitrogen and oxygen atoms in total. The molecule has 0 radical (unpaired) electrons. The summed E-state index contributed by atoms with van der Waals surface area (Å²) >= 11 is 1.37. The standard InChI is InChI=1S/C18H19NO3S/c1-12-9-10-16(23-12)18(21)22-11-17(20)19-15-8-4-6-13-5-2-3-7-14(13)15/h2-3,5,7,9-10,15H,4,6,8,11H2,1H3,(H,19,20)/t15-/m1/s1. The summed E-state index contributed by atoms with van der Waals surface area (Å²) in [5.41, 5.74) is 2.46. The zero-order valence-electron chi connectivity index (χ0n) is 13.0. The van der Waals surface area contributed by atoms with E-state index >= 15 is 0 Å². The minimum atomic E-state index is -0.442. The number of carbonyl (C=O) groups is 2. The van der Waals surface area contributed by atoms with Gasteiger partial charge in [0.1, 0.15) is 4.88 Å². The van der Waals surface area contributed by atoms with E-state index in [0.717, 1.165) is 24.1 Å². The minimum absolute atomic E-state index is 0.00938. The Morgan fingerprint density at radius 3 is 2.87 bits per heavy atom. The number of thiophene rings is 1. The fourth-order valence-corrected chi connectivity index (χ4v) is 3.65. The van der Waals surface area contributed by atoms with E-state index in [0.29, 0.717) is 4.88 Å².